The Hall–Kier alpha value is -2.88. The van der Waals surface area contributed by atoms with Gasteiger partial charge in [0, 0.05) is 12.1 Å². The molecule has 0 atom stereocenters. The van der Waals surface area contributed by atoms with Crippen molar-refractivity contribution in [3.8, 4) is 6.07 Å². The average Bonchev–Trinajstić information content (AvgIpc) is 2.76. The smallest absolute Gasteiger partial charge is 0.251 e. The number of nitrogens with one attached hydrogen (secondary N) is 3. The number of carbonyl (C=O) groups is 3. The average molecular weight is 272 g/mol. The van der Waals surface area contributed by atoms with Gasteiger partial charge in [-0.3, -0.25) is 25.2 Å². The lowest BCUT2D eigenvalue weighted by atomic mass is 10.0. The third-order valence-corrected chi connectivity index (χ3v) is 2.88. The highest BCUT2D eigenvalue weighted by atomic mass is 16.2. The van der Waals surface area contributed by atoms with E-state index in [4.69, 9.17) is 5.26 Å². The van der Waals surface area contributed by atoms with E-state index in [1.54, 1.807) is 24.3 Å². The Morgan fingerprint density at radius 1 is 1.30 bits per heavy atom. The van der Waals surface area contributed by atoms with Crippen molar-refractivity contribution in [3.63, 3.8) is 0 Å². The fraction of sp³-hybridized carbons (Fsp3) is 0.231. The van der Waals surface area contributed by atoms with Gasteiger partial charge in [-0.1, -0.05) is 6.07 Å². The van der Waals surface area contributed by atoms with E-state index in [0.29, 0.717) is 11.3 Å². The number of hydrogen-bond donors (Lipinski definition) is 3. The van der Waals surface area contributed by atoms with Gasteiger partial charge in [-0.25, -0.2) is 0 Å². The summed E-state index contributed by atoms with van der Waals surface area (Å²) in [5.74, 6) is -1.98. The van der Waals surface area contributed by atoms with Crippen LogP contribution in [0, 0.1) is 17.2 Å². The SMILES string of the molecule is N#Cc1cccc(NC(=O)CCC2C(=O)NNC2=O)c1. The van der Waals surface area contributed by atoms with Gasteiger partial charge >= 0.3 is 0 Å². The lowest BCUT2D eigenvalue weighted by Crippen LogP contribution is -2.28. The monoisotopic (exact) mass is 272 g/mol. The molecule has 1 aliphatic heterocycles. The van der Waals surface area contributed by atoms with Crippen LogP contribution in [0.25, 0.3) is 0 Å². The number of benzene rings is 1. The largest absolute Gasteiger partial charge is 0.326 e. The van der Waals surface area contributed by atoms with Gasteiger partial charge in [-0.15, -0.1) is 0 Å². The highest BCUT2D eigenvalue weighted by molar-refractivity contribution is 6.05. The molecule has 0 unspecified atom stereocenters. The van der Waals surface area contributed by atoms with Crippen LogP contribution in [0.5, 0.6) is 0 Å². The van der Waals surface area contributed by atoms with Crippen molar-refractivity contribution in [2.75, 3.05) is 5.32 Å². The lowest BCUT2D eigenvalue weighted by molar-refractivity contribution is -0.128. The Balaban J connectivity index is 1.88. The molecular weight excluding hydrogens is 260 g/mol. The summed E-state index contributed by atoms with van der Waals surface area (Å²) in [5.41, 5.74) is 5.35. The van der Waals surface area contributed by atoms with Crippen molar-refractivity contribution >= 4 is 23.4 Å². The van der Waals surface area contributed by atoms with Crippen LogP contribution >= 0.6 is 0 Å². The molecule has 0 saturated carbocycles. The molecule has 3 amide bonds. The molecule has 1 aliphatic rings. The van der Waals surface area contributed by atoms with Gasteiger partial charge in [0.05, 0.1) is 11.6 Å². The summed E-state index contributed by atoms with van der Waals surface area (Å²) in [5, 5.41) is 11.4. The van der Waals surface area contributed by atoms with E-state index < -0.39 is 17.7 Å². The maximum absolute atomic E-state index is 11.7. The molecule has 0 bridgehead atoms. The summed E-state index contributed by atoms with van der Waals surface area (Å²) in [6.45, 7) is 0. The number of nitrogens with zero attached hydrogens (tertiary/aromatic N) is 1. The van der Waals surface area contributed by atoms with Crippen LogP contribution in [0.3, 0.4) is 0 Å². The van der Waals surface area contributed by atoms with Crippen LogP contribution in [0.4, 0.5) is 5.69 Å². The summed E-state index contributed by atoms with van der Waals surface area (Å²) in [7, 11) is 0. The minimum Gasteiger partial charge on any atom is -0.326 e. The van der Waals surface area contributed by atoms with Gasteiger partial charge in [0.15, 0.2) is 0 Å². The second-order valence-electron chi connectivity index (χ2n) is 4.31. The van der Waals surface area contributed by atoms with Crippen molar-refractivity contribution in [3.05, 3.63) is 29.8 Å². The van der Waals surface area contributed by atoms with Crippen LogP contribution in [0.15, 0.2) is 24.3 Å². The molecular formula is C13H12N4O3. The third-order valence-electron chi connectivity index (χ3n) is 2.88. The Morgan fingerprint density at radius 2 is 2.00 bits per heavy atom. The van der Waals surface area contributed by atoms with Gasteiger partial charge in [-0.05, 0) is 24.6 Å². The van der Waals surface area contributed by atoms with Crippen LogP contribution in [-0.2, 0) is 14.4 Å². The van der Waals surface area contributed by atoms with Crippen molar-refractivity contribution in [2.24, 2.45) is 5.92 Å². The summed E-state index contributed by atoms with van der Waals surface area (Å²) >= 11 is 0. The maximum atomic E-state index is 11.7. The number of hydrazine groups is 1. The van der Waals surface area contributed by atoms with E-state index in [2.05, 4.69) is 16.2 Å². The van der Waals surface area contributed by atoms with Gasteiger partial charge in [0.25, 0.3) is 11.8 Å². The molecule has 102 valence electrons. The summed E-state index contributed by atoms with van der Waals surface area (Å²) in [4.78, 5) is 34.3. The van der Waals surface area contributed by atoms with E-state index >= 15 is 0 Å². The second kappa shape index (κ2) is 5.84. The van der Waals surface area contributed by atoms with Gasteiger partial charge in [0.1, 0.15) is 5.92 Å². The first-order valence-corrected chi connectivity index (χ1v) is 6.00. The lowest BCUT2D eigenvalue weighted by Gasteiger charge is -2.06. The van der Waals surface area contributed by atoms with E-state index in [1.165, 1.54) is 0 Å². The normalized spacial score (nSPS) is 14.3. The summed E-state index contributed by atoms with van der Waals surface area (Å²) in [6.07, 6.45) is 0.184. The fourth-order valence-electron chi connectivity index (χ4n) is 1.84. The van der Waals surface area contributed by atoms with E-state index in [-0.39, 0.29) is 18.7 Å². The molecule has 1 fully saturated rings. The van der Waals surface area contributed by atoms with Crippen molar-refractivity contribution in [2.45, 2.75) is 12.8 Å². The van der Waals surface area contributed by atoms with Gasteiger partial charge < -0.3 is 5.32 Å². The Morgan fingerprint density at radius 3 is 2.65 bits per heavy atom. The predicted molar refractivity (Wildman–Crippen MR) is 68.8 cm³/mol. The number of hydrogen-bond acceptors (Lipinski definition) is 4. The van der Waals surface area contributed by atoms with Crippen molar-refractivity contribution in [1.82, 2.24) is 10.9 Å². The molecule has 7 nitrogen and oxygen atoms in total. The predicted octanol–water partition coefficient (Wildman–Crippen LogP) is 0.0542. The molecule has 0 spiro atoms. The first kappa shape index (κ1) is 13.5. The Bertz CT molecular complexity index is 590. The van der Waals surface area contributed by atoms with Gasteiger partial charge in [-0.2, -0.15) is 5.26 Å². The Kier molecular flexibility index (Phi) is 3.96. The molecule has 0 radical (unpaired) electrons. The topological polar surface area (TPSA) is 111 Å². The minimum atomic E-state index is -0.828. The van der Waals surface area contributed by atoms with E-state index in [0.717, 1.165) is 0 Å². The van der Waals surface area contributed by atoms with Crippen LogP contribution in [-0.4, -0.2) is 17.7 Å². The van der Waals surface area contributed by atoms with Crippen molar-refractivity contribution in [1.29, 1.82) is 5.26 Å². The minimum absolute atomic E-state index is 0.0439. The molecule has 20 heavy (non-hydrogen) atoms. The quantitative estimate of drug-likeness (QED) is 0.672. The summed E-state index contributed by atoms with van der Waals surface area (Å²) < 4.78 is 0. The van der Waals surface area contributed by atoms with Crippen LogP contribution in [0.2, 0.25) is 0 Å². The Labute approximate surface area is 114 Å². The van der Waals surface area contributed by atoms with Gasteiger partial charge in [0.2, 0.25) is 5.91 Å². The molecule has 7 heteroatoms. The standard InChI is InChI=1S/C13H12N4O3/c14-7-8-2-1-3-9(6-8)15-11(18)5-4-10-12(19)16-17-13(10)20/h1-3,6,10H,4-5H2,(H,15,18)(H,16,19)(H,17,20). The van der Waals surface area contributed by atoms with Crippen LogP contribution in [0.1, 0.15) is 18.4 Å². The molecule has 2 rings (SSSR count). The molecule has 1 saturated heterocycles. The molecule has 1 heterocycles. The zero-order chi connectivity index (χ0) is 14.5. The highest BCUT2D eigenvalue weighted by Gasteiger charge is 2.32. The highest BCUT2D eigenvalue weighted by Crippen LogP contribution is 2.13. The van der Waals surface area contributed by atoms with E-state index in [9.17, 15) is 14.4 Å². The molecule has 3 N–H and O–H groups in total. The number of amides is 3. The first-order chi connectivity index (χ1) is 9.60. The van der Waals surface area contributed by atoms with Crippen LogP contribution < -0.4 is 16.2 Å². The fourth-order valence-corrected chi connectivity index (χ4v) is 1.84. The second-order valence-corrected chi connectivity index (χ2v) is 4.31. The van der Waals surface area contributed by atoms with Crippen molar-refractivity contribution < 1.29 is 14.4 Å². The number of carbonyl (C=O) groups excluding carboxylic acids is 3. The zero-order valence-electron chi connectivity index (χ0n) is 10.5. The zero-order valence-corrected chi connectivity index (χ0v) is 10.5. The number of rotatable bonds is 4. The first-order valence-electron chi connectivity index (χ1n) is 6.00. The number of anilines is 1. The molecule has 1 aromatic rings. The molecule has 1 aromatic carbocycles. The van der Waals surface area contributed by atoms with E-state index in [1.807, 2.05) is 6.07 Å². The summed E-state index contributed by atoms with van der Waals surface area (Å²) in [6, 6.07) is 8.47. The third kappa shape index (κ3) is 3.11. The maximum Gasteiger partial charge on any atom is 0.251 e. The number of nitriles is 1. The molecule has 0 aliphatic carbocycles. The molecule has 0 aromatic heterocycles.